The molecule has 0 aliphatic carbocycles. The third-order valence-corrected chi connectivity index (χ3v) is 7.26. The van der Waals surface area contributed by atoms with Crippen molar-refractivity contribution in [3.05, 3.63) is 70.6 Å². The summed E-state index contributed by atoms with van der Waals surface area (Å²) in [6.45, 7) is 6.11. The van der Waals surface area contributed by atoms with Gasteiger partial charge < -0.3 is 20.4 Å². The minimum Gasteiger partial charge on any atom is -0.369 e. The van der Waals surface area contributed by atoms with Gasteiger partial charge in [0.25, 0.3) is 5.91 Å². The molecule has 4 aromatic rings. The van der Waals surface area contributed by atoms with Gasteiger partial charge in [-0.15, -0.1) is 11.3 Å². The number of carbonyl (C=O) groups excluding carboxylic acids is 2. The topological polar surface area (TPSA) is 93.4 Å². The van der Waals surface area contributed by atoms with E-state index < -0.39 is 0 Å². The number of likely N-dealkylation sites (N-methyl/N-ethyl adjacent to an activating group) is 1. The lowest BCUT2D eigenvalue weighted by atomic mass is 10.1. The van der Waals surface area contributed by atoms with Gasteiger partial charge in [0.15, 0.2) is 5.82 Å². The van der Waals surface area contributed by atoms with Gasteiger partial charge in [0.1, 0.15) is 4.83 Å². The first kappa shape index (κ1) is 23.1. The Morgan fingerprint density at radius 1 is 1.00 bits per heavy atom. The van der Waals surface area contributed by atoms with Gasteiger partial charge in [-0.1, -0.05) is 29.8 Å². The molecule has 0 radical (unpaired) electrons. The zero-order chi connectivity index (χ0) is 24.4. The number of hydrogen-bond acceptors (Lipinski definition) is 6. The number of rotatable bonds is 6. The highest BCUT2D eigenvalue weighted by Crippen LogP contribution is 2.30. The monoisotopic (exact) mass is 488 g/mol. The van der Waals surface area contributed by atoms with Crippen LogP contribution < -0.4 is 15.5 Å². The summed E-state index contributed by atoms with van der Waals surface area (Å²) in [5, 5.41) is 13.7. The summed E-state index contributed by atoms with van der Waals surface area (Å²) in [7, 11) is 2.14. The molecular formula is C26H28N6O2S. The molecule has 2 amide bonds. The van der Waals surface area contributed by atoms with Crippen molar-refractivity contribution in [2.75, 3.05) is 48.8 Å². The van der Waals surface area contributed by atoms with E-state index in [-0.39, 0.29) is 18.2 Å². The predicted molar refractivity (Wildman–Crippen MR) is 142 cm³/mol. The normalized spacial score (nSPS) is 14.3. The van der Waals surface area contributed by atoms with Crippen LogP contribution >= 0.6 is 11.3 Å². The SMILES string of the molecule is Cc1ccc(CC(=O)Nc2n[nH]c3sc(C(=O)Nc4ccc(N5CCN(C)CC5)cc4)cc23)cc1. The van der Waals surface area contributed by atoms with Crippen molar-refractivity contribution in [2.24, 2.45) is 0 Å². The Morgan fingerprint density at radius 2 is 1.71 bits per heavy atom. The third-order valence-electron chi connectivity index (χ3n) is 6.22. The van der Waals surface area contributed by atoms with Crippen LogP contribution in [0.2, 0.25) is 0 Å². The van der Waals surface area contributed by atoms with Crippen LogP contribution in [0.3, 0.4) is 0 Å². The maximum Gasteiger partial charge on any atom is 0.265 e. The minimum atomic E-state index is -0.191. The molecule has 0 saturated carbocycles. The fourth-order valence-electron chi connectivity index (χ4n) is 4.10. The Hall–Kier alpha value is -3.69. The molecule has 3 heterocycles. The number of piperazine rings is 1. The number of aromatic nitrogens is 2. The largest absolute Gasteiger partial charge is 0.369 e. The van der Waals surface area contributed by atoms with Crippen LogP contribution in [0.1, 0.15) is 20.8 Å². The number of anilines is 3. The quantitative estimate of drug-likeness (QED) is 0.380. The smallest absolute Gasteiger partial charge is 0.265 e. The van der Waals surface area contributed by atoms with Gasteiger partial charge in [-0.3, -0.25) is 14.7 Å². The summed E-state index contributed by atoms with van der Waals surface area (Å²) in [5.41, 5.74) is 3.99. The highest BCUT2D eigenvalue weighted by atomic mass is 32.1. The third kappa shape index (κ3) is 5.36. The average Bonchev–Trinajstić information content (AvgIpc) is 3.44. The Labute approximate surface area is 207 Å². The van der Waals surface area contributed by atoms with E-state index in [9.17, 15) is 9.59 Å². The van der Waals surface area contributed by atoms with E-state index in [2.05, 4.69) is 37.7 Å². The Morgan fingerprint density at radius 3 is 2.43 bits per heavy atom. The molecule has 8 nitrogen and oxygen atoms in total. The lowest BCUT2D eigenvalue weighted by Gasteiger charge is -2.34. The fraction of sp³-hybridized carbons (Fsp3) is 0.269. The number of aryl methyl sites for hydroxylation is 1. The molecule has 1 fully saturated rings. The first-order chi connectivity index (χ1) is 16.9. The van der Waals surface area contributed by atoms with Crippen molar-refractivity contribution in [2.45, 2.75) is 13.3 Å². The van der Waals surface area contributed by atoms with E-state index >= 15 is 0 Å². The summed E-state index contributed by atoms with van der Waals surface area (Å²) in [6.07, 6.45) is 0.260. The van der Waals surface area contributed by atoms with Crippen molar-refractivity contribution in [3.8, 4) is 0 Å². The number of nitrogens with zero attached hydrogens (tertiary/aromatic N) is 3. The molecule has 2 aromatic carbocycles. The number of H-pyrrole nitrogens is 1. The second kappa shape index (κ2) is 9.89. The van der Waals surface area contributed by atoms with Crippen LogP contribution in [0.15, 0.2) is 54.6 Å². The van der Waals surface area contributed by atoms with Crippen molar-refractivity contribution in [1.29, 1.82) is 0 Å². The van der Waals surface area contributed by atoms with Gasteiger partial charge in [0.2, 0.25) is 5.91 Å². The molecule has 9 heteroatoms. The van der Waals surface area contributed by atoms with Gasteiger partial charge in [-0.2, -0.15) is 5.10 Å². The summed E-state index contributed by atoms with van der Waals surface area (Å²) < 4.78 is 0. The second-order valence-electron chi connectivity index (χ2n) is 8.93. The van der Waals surface area contributed by atoms with Crippen LogP contribution in [-0.2, 0) is 11.2 Å². The lowest BCUT2D eigenvalue weighted by Crippen LogP contribution is -2.44. The van der Waals surface area contributed by atoms with Gasteiger partial charge in [0, 0.05) is 37.6 Å². The number of fused-ring (bicyclic) bond motifs is 1. The molecule has 0 unspecified atom stereocenters. The van der Waals surface area contributed by atoms with Crippen LogP contribution in [0.5, 0.6) is 0 Å². The number of hydrogen-bond donors (Lipinski definition) is 3. The molecule has 1 aliphatic rings. The molecular weight excluding hydrogens is 460 g/mol. The first-order valence-electron chi connectivity index (χ1n) is 11.6. The first-order valence-corrected chi connectivity index (χ1v) is 12.4. The molecule has 0 spiro atoms. The average molecular weight is 489 g/mol. The van der Waals surface area contributed by atoms with Gasteiger partial charge in [-0.25, -0.2) is 0 Å². The maximum atomic E-state index is 12.9. The van der Waals surface area contributed by atoms with Crippen molar-refractivity contribution < 1.29 is 9.59 Å². The number of amides is 2. The molecule has 0 bridgehead atoms. The van der Waals surface area contributed by atoms with Crippen LogP contribution in [0.25, 0.3) is 10.2 Å². The zero-order valence-electron chi connectivity index (χ0n) is 19.8. The van der Waals surface area contributed by atoms with Gasteiger partial charge in [0.05, 0.1) is 16.7 Å². The molecule has 3 N–H and O–H groups in total. The van der Waals surface area contributed by atoms with Crippen molar-refractivity contribution in [1.82, 2.24) is 15.1 Å². The van der Waals surface area contributed by atoms with E-state index in [1.54, 1.807) is 6.07 Å². The molecule has 5 rings (SSSR count). The fourth-order valence-corrected chi connectivity index (χ4v) is 5.00. The summed E-state index contributed by atoms with van der Waals surface area (Å²) in [6, 6.07) is 17.6. The van der Waals surface area contributed by atoms with Crippen LogP contribution in [0, 0.1) is 6.92 Å². The molecule has 0 atom stereocenters. The summed E-state index contributed by atoms with van der Waals surface area (Å²) in [4.78, 5) is 31.3. The molecule has 2 aromatic heterocycles. The summed E-state index contributed by atoms with van der Waals surface area (Å²) >= 11 is 1.31. The van der Waals surface area contributed by atoms with Crippen molar-refractivity contribution >= 4 is 50.6 Å². The number of carbonyl (C=O) groups is 2. The van der Waals surface area contributed by atoms with E-state index in [0.29, 0.717) is 10.7 Å². The second-order valence-corrected chi connectivity index (χ2v) is 9.98. The number of nitrogens with one attached hydrogen (secondary N) is 3. The van der Waals surface area contributed by atoms with Gasteiger partial charge >= 0.3 is 0 Å². The predicted octanol–water partition coefficient (Wildman–Crippen LogP) is 4.12. The van der Waals surface area contributed by atoms with E-state index in [4.69, 9.17) is 0 Å². The molecule has 1 aliphatic heterocycles. The number of aromatic amines is 1. The van der Waals surface area contributed by atoms with E-state index in [0.717, 1.165) is 58.9 Å². The maximum absolute atomic E-state index is 12.9. The highest BCUT2D eigenvalue weighted by Gasteiger charge is 2.18. The molecule has 180 valence electrons. The standard InChI is InChI=1S/C26H28N6O2S/c1-17-3-5-18(6-4-17)15-23(33)28-24-21-16-22(35-26(21)30-29-24)25(34)27-19-7-9-20(10-8-19)32-13-11-31(2)12-14-32/h3-10,16H,11-15H2,1-2H3,(H,27,34)(H2,28,29,30,33). The van der Waals surface area contributed by atoms with Crippen LogP contribution in [-0.4, -0.2) is 60.1 Å². The van der Waals surface area contributed by atoms with Crippen molar-refractivity contribution in [3.63, 3.8) is 0 Å². The zero-order valence-corrected chi connectivity index (χ0v) is 20.6. The Bertz CT molecular complexity index is 1330. The highest BCUT2D eigenvalue weighted by molar-refractivity contribution is 7.20. The molecule has 1 saturated heterocycles. The summed E-state index contributed by atoms with van der Waals surface area (Å²) in [5.74, 6) is 0.0905. The lowest BCUT2D eigenvalue weighted by molar-refractivity contribution is -0.115. The Balaban J connectivity index is 1.22. The minimum absolute atomic E-state index is 0.153. The number of thiophene rings is 1. The Kier molecular flexibility index (Phi) is 6.52. The van der Waals surface area contributed by atoms with Crippen LogP contribution in [0.4, 0.5) is 17.2 Å². The number of benzene rings is 2. The van der Waals surface area contributed by atoms with E-state index in [1.165, 1.54) is 11.3 Å². The molecule has 35 heavy (non-hydrogen) atoms. The van der Waals surface area contributed by atoms with Gasteiger partial charge in [-0.05, 0) is 49.9 Å². The van der Waals surface area contributed by atoms with E-state index in [1.807, 2.05) is 55.5 Å².